The maximum atomic E-state index is 8.85. The molecule has 0 radical (unpaired) electrons. The normalized spacial score (nSPS) is 24.8. The number of nitrogens with one attached hydrogen (secondary N) is 1. The fourth-order valence-corrected chi connectivity index (χ4v) is 5.42. The highest BCUT2D eigenvalue weighted by atomic mass is 35.5. The summed E-state index contributed by atoms with van der Waals surface area (Å²) in [6.45, 7) is 0.361. The van der Waals surface area contributed by atoms with E-state index in [2.05, 4.69) is 17.5 Å². The van der Waals surface area contributed by atoms with E-state index in [1.165, 1.54) is 9.80 Å². The molecule has 1 saturated heterocycles. The van der Waals surface area contributed by atoms with Crippen LogP contribution >= 0.6 is 35.1 Å². The lowest BCUT2D eigenvalue weighted by molar-refractivity contribution is 0.525. The second-order valence-electron chi connectivity index (χ2n) is 4.32. The topological polar surface area (TPSA) is 39.1 Å². The highest BCUT2D eigenvalue weighted by Gasteiger charge is 2.29. The monoisotopic (exact) mass is 321 g/mol. The van der Waals surface area contributed by atoms with E-state index >= 15 is 0 Å². The van der Waals surface area contributed by atoms with Gasteiger partial charge in [0.1, 0.15) is 12.4 Å². The van der Waals surface area contributed by atoms with Gasteiger partial charge in [0.05, 0.1) is 10.3 Å². The Kier molecular flexibility index (Phi) is 4.16. The molecular formula is C14H12ClN3S2. The molecule has 0 aliphatic carbocycles. The second kappa shape index (κ2) is 6.04. The van der Waals surface area contributed by atoms with Gasteiger partial charge >= 0.3 is 0 Å². The van der Waals surface area contributed by atoms with E-state index in [1.54, 1.807) is 0 Å². The van der Waals surface area contributed by atoms with Crippen LogP contribution in [-0.2, 0) is 0 Å². The molecule has 102 valence electrons. The Labute approximate surface area is 131 Å². The summed E-state index contributed by atoms with van der Waals surface area (Å²) in [5.41, 5.74) is 1.18. The van der Waals surface area contributed by atoms with Gasteiger partial charge in [-0.25, -0.2) is 0 Å². The molecule has 0 aromatic heterocycles. The van der Waals surface area contributed by atoms with Gasteiger partial charge in [0.2, 0.25) is 0 Å². The van der Waals surface area contributed by atoms with Gasteiger partial charge in [0.25, 0.3) is 0 Å². The van der Waals surface area contributed by atoms with Gasteiger partial charge in [-0.05, 0) is 11.6 Å². The zero-order valence-corrected chi connectivity index (χ0v) is 12.9. The third-order valence-corrected chi connectivity index (χ3v) is 6.33. The van der Waals surface area contributed by atoms with Crippen LogP contribution in [-0.4, -0.2) is 17.2 Å². The predicted octanol–water partition coefficient (Wildman–Crippen LogP) is 3.89. The van der Waals surface area contributed by atoms with Gasteiger partial charge in [0, 0.05) is 28.4 Å². The van der Waals surface area contributed by atoms with Crippen molar-refractivity contribution in [2.45, 2.75) is 5.25 Å². The molecule has 20 heavy (non-hydrogen) atoms. The van der Waals surface area contributed by atoms with Crippen LogP contribution in [0.2, 0.25) is 5.02 Å². The molecule has 0 bridgehead atoms. The van der Waals surface area contributed by atoms with E-state index in [9.17, 15) is 0 Å². The molecule has 2 heterocycles. The summed E-state index contributed by atoms with van der Waals surface area (Å²) in [4.78, 5) is 1.93. The Bertz CT molecular complexity index is 621. The summed E-state index contributed by atoms with van der Waals surface area (Å²) in [5.74, 6) is 2.01. The van der Waals surface area contributed by atoms with Crippen molar-refractivity contribution in [3.8, 4) is 6.07 Å². The molecule has 0 amide bonds. The number of hydrogen-bond acceptors (Lipinski definition) is 5. The Hall–Kier alpha value is -1.22. The molecule has 0 saturated carbocycles. The average molecular weight is 322 g/mol. The number of halogens is 1. The molecule has 1 aromatic carbocycles. The quantitative estimate of drug-likeness (QED) is 0.837. The first-order valence-electron chi connectivity index (χ1n) is 6.14. The molecule has 1 atom stereocenters. The average Bonchev–Trinajstić information content (AvgIpc) is 3.08. The lowest BCUT2D eigenvalue weighted by atomic mass is 10.2. The minimum absolute atomic E-state index is 0.361. The van der Waals surface area contributed by atoms with Gasteiger partial charge in [-0.2, -0.15) is 5.26 Å². The first kappa shape index (κ1) is 13.7. The number of nitrogens with zero attached hydrogens (tertiary/aromatic N) is 2. The van der Waals surface area contributed by atoms with Gasteiger partial charge in [-0.3, -0.25) is 0 Å². The summed E-state index contributed by atoms with van der Waals surface area (Å²) in [6, 6.07) is 10.2. The minimum atomic E-state index is 0.361. The van der Waals surface area contributed by atoms with Crippen LogP contribution in [0.5, 0.6) is 0 Å². The molecule has 3 rings (SSSR count). The first-order valence-corrected chi connectivity index (χ1v) is 8.39. The van der Waals surface area contributed by atoms with E-state index < -0.39 is 0 Å². The van der Waals surface area contributed by atoms with Crippen LogP contribution in [0.25, 0.3) is 0 Å². The maximum absolute atomic E-state index is 8.85. The van der Waals surface area contributed by atoms with Gasteiger partial charge < -0.3 is 10.2 Å². The molecule has 1 N–H and O–H groups in total. The minimum Gasteiger partial charge on any atom is -0.345 e. The molecule has 1 unspecified atom stereocenters. The fourth-order valence-electron chi connectivity index (χ4n) is 2.11. The van der Waals surface area contributed by atoms with E-state index in [4.69, 9.17) is 16.9 Å². The molecule has 6 heteroatoms. The third kappa shape index (κ3) is 2.64. The second-order valence-corrected chi connectivity index (χ2v) is 7.23. The van der Waals surface area contributed by atoms with Crippen molar-refractivity contribution in [3.05, 3.63) is 57.3 Å². The summed E-state index contributed by atoms with van der Waals surface area (Å²) < 4.78 is 1.22. The number of hydrogen-bond donors (Lipinski definition) is 1. The lowest BCUT2D eigenvalue weighted by Gasteiger charge is -2.16. The fraction of sp³-hybridized carbons (Fsp3) is 0.214. The van der Waals surface area contributed by atoms with Crippen molar-refractivity contribution in [1.29, 1.82) is 5.26 Å². The van der Waals surface area contributed by atoms with Crippen molar-refractivity contribution < 1.29 is 0 Å². The zero-order valence-electron chi connectivity index (χ0n) is 10.5. The molecule has 2 aliphatic rings. The van der Waals surface area contributed by atoms with Crippen molar-refractivity contribution in [3.63, 3.8) is 0 Å². The van der Waals surface area contributed by atoms with Crippen molar-refractivity contribution in [2.24, 2.45) is 0 Å². The highest BCUT2D eigenvalue weighted by molar-refractivity contribution is 8.25. The smallest absolute Gasteiger partial charge is 0.131 e. The Balaban J connectivity index is 1.81. The molecular weight excluding hydrogens is 310 g/mol. The number of nitriles is 1. The Morgan fingerprint density at radius 3 is 3.10 bits per heavy atom. The van der Waals surface area contributed by atoms with Crippen LogP contribution < -0.4 is 5.32 Å². The number of benzene rings is 1. The largest absolute Gasteiger partial charge is 0.345 e. The molecule has 0 spiro atoms. The van der Waals surface area contributed by atoms with Crippen LogP contribution in [0.3, 0.4) is 0 Å². The predicted molar refractivity (Wildman–Crippen MR) is 85.9 cm³/mol. The number of rotatable bonds is 2. The Morgan fingerprint density at radius 1 is 1.45 bits per heavy atom. The van der Waals surface area contributed by atoms with E-state index in [0.29, 0.717) is 11.8 Å². The van der Waals surface area contributed by atoms with E-state index in [1.807, 2.05) is 59.0 Å². The third-order valence-electron chi connectivity index (χ3n) is 3.06. The standard InChI is InChI=1S/C14H12ClN3S2/c15-11-4-2-1-3-10(11)12-9-19-14(20-12)13-17-6-8-18(13)7-5-16/h1-4,6,8,12,17H,7,9H2/b14-13+. The number of thioether (sulfide) groups is 2. The van der Waals surface area contributed by atoms with Crippen molar-refractivity contribution >= 4 is 35.1 Å². The van der Waals surface area contributed by atoms with E-state index in [-0.39, 0.29) is 0 Å². The summed E-state index contributed by atoms with van der Waals surface area (Å²) in [6.07, 6.45) is 3.76. The van der Waals surface area contributed by atoms with Crippen LogP contribution in [0.15, 0.2) is 46.7 Å². The van der Waals surface area contributed by atoms with E-state index in [0.717, 1.165) is 16.6 Å². The van der Waals surface area contributed by atoms with Crippen LogP contribution in [0.4, 0.5) is 0 Å². The van der Waals surface area contributed by atoms with Gasteiger partial charge in [-0.15, -0.1) is 23.5 Å². The van der Waals surface area contributed by atoms with Gasteiger partial charge in [-0.1, -0.05) is 29.8 Å². The van der Waals surface area contributed by atoms with Crippen molar-refractivity contribution in [2.75, 3.05) is 12.3 Å². The summed E-state index contributed by atoms with van der Waals surface area (Å²) in [7, 11) is 0. The maximum Gasteiger partial charge on any atom is 0.131 e. The SMILES string of the molecule is N#CCN1C=CN/C1=C1/SCC(c2ccccc2Cl)S1. The van der Waals surface area contributed by atoms with Crippen LogP contribution in [0.1, 0.15) is 10.8 Å². The van der Waals surface area contributed by atoms with Gasteiger partial charge in [0.15, 0.2) is 0 Å². The molecule has 3 nitrogen and oxygen atoms in total. The summed E-state index contributed by atoms with van der Waals surface area (Å²) in [5, 5.41) is 13.3. The highest BCUT2D eigenvalue weighted by Crippen LogP contribution is 2.52. The zero-order chi connectivity index (χ0) is 13.9. The molecule has 1 aromatic rings. The Morgan fingerprint density at radius 2 is 2.30 bits per heavy atom. The van der Waals surface area contributed by atoms with Crippen molar-refractivity contribution in [1.82, 2.24) is 10.2 Å². The molecule has 2 aliphatic heterocycles. The lowest BCUT2D eigenvalue weighted by Crippen LogP contribution is -2.19. The first-order chi connectivity index (χ1) is 9.79. The van der Waals surface area contributed by atoms with Crippen LogP contribution in [0, 0.1) is 11.3 Å². The molecule has 1 fully saturated rings. The summed E-state index contributed by atoms with van der Waals surface area (Å²) >= 11 is 9.89.